The molecule has 0 aliphatic rings. The highest BCUT2D eigenvalue weighted by molar-refractivity contribution is 6.11. The second-order valence-electron chi connectivity index (χ2n) is 19.3. The van der Waals surface area contributed by atoms with Crippen LogP contribution in [0.25, 0.3) is 155 Å². The summed E-state index contributed by atoms with van der Waals surface area (Å²) in [6.07, 6.45) is 1.83. The van der Waals surface area contributed by atoms with Gasteiger partial charge in [-0.3, -0.25) is 4.98 Å². The third-order valence-corrected chi connectivity index (χ3v) is 14.7. The minimum absolute atomic E-state index is 0.640. The van der Waals surface area contributed by atoms with Crippen molar-refractivity contribution in [1.29, 1.82) is 0 Å². The molecule has 0 spiro atoms. The summed E-state index contributed by atoms with van der Waals surface area (Å²) in [5, 5.41) is 6.53. The van der Waals surface area contributed by atoms with E-state index in [1.165, 1.54) is 0 Å². The molecule has 0 aliphatic carbocycles. The van der Waals surface area contributed by atoms with E-state index in [9.17, 15) is 0 Å². The van der Waals surface area contributed by atoms with Gasteiger partial charge in [-0.25, -0.2) is 15.0 Å². The zero-order valence-corrected chi connectivity index (χ0v) is 40.9. The first-order valence-corrected chi connectivity index (χ1v) is 25.5. The number of hydrogen-bond donors (Lipinski definition) is 0. The van der Waals surface area contributed by atoms with Gasteiger partial charge >= 0.3 is 0 Å². The van der Waals surface area contributed by atoms with Crippen LogP contribution in [0.2, 0.25) is 0 Å². The summed E-state index contributed by atoms with van der Waals surface area (Å²) in [6, 6.07) is 87.0. The maximum Gasteiger partial charge on any atom is 0.160 e. The fourth-order valence-corrected chi connectivity index (χ4v) is 10.9. The smallest absolute Gasteiger partial charge is 0.160 e. The van der Waals surface area contributed by atoms with Crippen LogP contribution in [-0.4, -0.2) is 19.9 Å². The van der Waals surface area contributed by atoms with Crippen LogP contribution in [-0.2, 0) is 0 Å². The fraction of sp³-hybridized carbons (Fsp3) is 0. The summed E-state index contributed by atoms with van der Waals surface area (Å²) < 4.78 is 13.1. The van der Waals surface area contributed by atoms with Crippen molar-refractivity contribution < 1.29 is 8.83 Å². The molecule has 0 fully saturated rings. The van der Waals surface area contributed by atoms with Crippen molar-refractivity contribution in [2.24, 2.45) is 0 Å². The van der Waals surface area contributed by atoms with Gasteiger partial charge in [-0.05, 0) is 94.0 Å². The Bertz CT molecular complexity index is 4590. The Hall–Kier alpha value is -10.3. The highest BCUT2D eigenvalue weighted by Crippen LogP contribution is 2.42. The van der Waals surface area contributed by atoms with E-state index in [2.05, 4.69) is 200 Å². The lowest BCUT2D eigenvalue weighted by molar-refractivity contribution is 0.669. The molecule has 10 aromatic carbocycles. The molecular weight excluding hydrogens is 929 g/mol. The largest absolute Gasteiger partial charge is 0.455 e. The van der Waals surface area contributed by atoms with Gasteiger partial charge in [0.2, 0.25) is 0 Å². The van der Waals surface area contributed by atoms with Crippen LogP contribution < -0.4 is 0 Å². The SMILES string of the molecule is c1ccc(-c2nc(-c3ccc(-c4ccc5ccc6cccnc6c5n4)cc3)cc(-c3cc(-c4cccc(-c5cccc6c5oc5ccccc56)c4)cc(-c4cccc(-c5cccc6c5oc5ccccc56)c4)c3)n2)cc1. The van der Waals surface area contributed by atoms with Gasteiger partial charge < -0.3 is 8.83 Å². The molecule has 0 bridgehead atoms. The maximum absolute atomic E-state index is 6.56. The van der Waals surface area contributed by atoms with E-state index < -0.39 is 0 Å². The predicted molar refractivity (Wildman–Crippen MR) is 311 cm³/mol. The lowest BCUT2D eigenvalue weighted by Gasteiger charge is -2.15. The normalized spacial score (nSPS) is 11.7. The molecule has 6 heteroatoms. The highest BCUT2D eigenvalue weighted by atomic mass is 16.3. The molecule has 0 aliphatic heterocycles. The summed E-state index contributed by atoms with van der Waals surface area (Å²) in [5.74, 6) is 0.640. The molecule has 0 saturated carbocycles. The minimum Gasteiger partial charge on any atom is -0.455 e. The van der Waals surface area contributed by atoms with Crippen molar-refractivity contribution in [3.63, 3.8) is 0 Å². The van der Waals surface area contributed by atoms with Gasteiger partial charge in [0.1, 0.15) is 22.3 Å². The number of pyridine rings is 2. The van der Waals surface area contributed by atoms with Crippen molar-refractivity contribution in [2.45, 2.75) is 0 Å². The molecule has 0 unspecified atom stereocenters. The molecule has 0 N–H and O–H groups in total. The molecule has 0 amide bonds. The zero-order chi connectivity index (χ0) is 50.1. The molecule has 76 heavy (non-hydrogen) atoms. The first-order chi connectivity index (χ1) is 37.6. The van der Waals surface area contributed by atoms with Gasteiger partial charge in [0.15, 0.2) is 5.82 Å². The van der Waals surface area contributed by atoms with Crippen molar-refractivity contribution >= 4 is 65.7 Å². The molecule has 6 nitrogen and oxygen atoms in total. The first-order valence-electron chi connectivity index (χ1n) is 25.5. The number of benzene rings is 10. The van der Waals surface area contributed by atoms with Gasteiger partial charge in [-0.15, -0.1) is 0 Å². The number of para-hydroxylation sites is 4. The third-order valence-electron chi connectivity index (χ3n) is 14.7. The lowest BCUT2D eigenvalue weighted by atomic mass is 9.91. The molecule has 5 aromatic heterocycles. The van der Waals surface area contributed by atoms with E-state index >= 15 is 0 Å². The Morgan fingerprint density at radius 1 is 0.263 bits per heavy atom. The average Bonchev–Trinajstić information content (AvgIpc) is 4.10. The average molecular weight is 971 g/mol. The Morgan fingerprint density at radius 2 is 0.737 bits per heavy atom. The highest BCUT2D eigenvalue weighted by Gasteiger charge is 2.18. The van der Waals surface area contributed by atoms with E-state index in [1.807, 2.05) is 54.7 Å². The number of rotatable bonds is 8. The molecule has 15 rings (SSSR count). The Labute approximate surface area is 436 Å². The van der Waals surface area contributed by atoms with E-state index in [0.717, 1.165) is 150 Å². The Kier molecular flexibility index (Phi) is 10.1. The Morgan fingerprint density at radius 3 is 1.37 bits per heavy atom. The lowest BCUT2D eigenvalue weighted by Crippen LogP contribution is -1.97. The zero-order valence-electron chi connectivity index (χ0n) is 40.9. The van der Waals surface area contributed by atoms with Gasteiger partial charge in [0.25, 0.3) is 0 Å². The van der Waals surface area contributed by atoms with Gasteiger partial charge in [-0.2, -0.15) is 0 Å². The summed E-state index contributed by atoms with van der Waals surface area (Å²) >= 11 is 0. The predicted octanol–water partition coefficient (Wildman–Crippen LogP) is 18.7. The van der Waals surface area contributed by atoms with E-state index in [0.29, 0.717) is 5.82 Å². The van der Waals surface area contributed by atoms with Crippen LogP contribution in [0.1, 0.15) is 0 Å². The topological polar surface area (TPSA) is 77.8 Å². The monoisotopic (exact) mass is 970 g/mol. The molecule has 15 aromatic rings. The fourth-order valence-electron chi connectivity index (χ4n) is 10.9. The summed E-state index contributed by atoms with van der Waals surface area (Å²) in [7, 11) is 0. The first kappa shape index (κ1) is 43.3. The Balaban J connectivity index is 0.886. The van der Waals surface area contributed by atoms with Crippen molar-refractivity contribution in [3.8, 4) is 89.7 Å². The molecular formula is C70H42N4O2. The van der Waals surface area contributed by atoms with Crippen molar-refractivity contribution in [3.05, 3.63) is 255 Å². The summed E-state index contributed by atoms with van der Waals surface area (Å²) in [6.45, 7) is 0. The number of fused-ring (bicyclic) bond motifs is 9. The molecule has 0 atom stereocenters. The maximum atomic E-state index is 6.56. The third kappa shape index (κ3) is 7.50. The van der Waals surface area contributed by atoms with Gasteiger partial charge in [0.05, 0.1) is 28.1 Å². The van der Waals surface area contributed by atoms with Crippen LogP contribution in [0.4, 0.5) is 0 Å². The van der Waals surface area contributed by atoms with Crippen LogP contribution in [0.15, 0.2) is 264 Å². The molecule has 5 heterocycles. The second kappa shape index (κ2) is 17.7. The second-order valence-corrected chi connectivity index (χ2v) is 19.3. The van der Waals surface area contributed by atoms with Crippen molar-refractivity contribution in [2.75, 3.05) is 0 Å². The quantitative estimate of drug-likeness (QED) is 0.141. The van der Waals surface area contributed by atoms with Crippen LogP contribution >= 0.6 is 0 Å². The van der Waals surface area contributed by atoms with E-state index in [1.54, 1.807) is 0 Å². The van der Waals surface area contributed by atoms with Gasteiger partial charge in [0, 0.05) is 71.9 Å². The number of nitrogens with zero attached hydrogens (tertiary/aromatic N) is 4. The van der Waals surface area contributed by atoms with E-state index in [4.69, 9.17) is 28.8 Å². The standard InChI is InChI=1S/C70H42N4O2/c1-2-13-47(14-3-1)70-73-62(44-30-28-43(29-31-44)61-35-34-46-33-32-45-19-12-36-71-66(45)67(46)72-61)42-63(74-70)54-40-52(48-15-8-17-50(37-48)55-22-10-24-59-57-20-4-6-26-64(57)75-68(55)59)39-53(41-54)49-16-9-18-51(38-49)56-23-11-25-60-58-21-5-7-27-65(58)76-69(56)60/h1-42H. The minimum atomic E-state index is 0.640. The number of furan rings is 2. The van der Waals surface area contributed by atoms with Crippen LogP contribution in [0, 0.1) is 0 Å². The summed E-state index contributed by atoms with van der Waals surface area (Å²) in [5.41, 5.74) is 20.1. The summed E-state index contributed by atoms with van der Waals surface area (Å²) in [4.78, 5) is 20.5. The van der Waals surface area contributed by atoms with Crippen LogP contribution in [0.3, 0.4) is 0 Å². The number of hydrogen-bond acceptors (Lipinski definition) is 6. The van der Waals surface area contributed by atoms with Crippen LogP contribution in [0.5, 0.6) is 0 Å². The van der Waals surface area contributed by atoms with Gasteiger partial charge in [-0.1, -0.05) is 188 Å². The molecule has 354 valence electrons. The van der Waals surface area contributed by atoms with E-state index in [-0.39, 0.29) is 0 Å². The molecule has 0 saturated heterocycles. The van der Waals surface area contributed by atoms with Crippen molar-refractivity contribution in [1.82, 2.24) is 19.9 Å². The molecule has 0 radical (unpaired) electrons. The number of aromatic nitrogens is 4.